The lowest BCUT2D eigenvalue weighted by molar-refractivity contribution is -0.126. The normalized spacial score (nSPS) is 25.2. The molecule has 7 nitrogen and oxygen atoms in total. The summed E-state index contributed by atoms with van der Waals surface area (Å²) in [6, 6.07) is -0.190. The van der Waals surface area contributed by atoms with Gasteiger partial charge in [-0.2, -0.15) is 0 Å². The number of hydrogen-bond acceptors (Lipinski definition) is 5. The monoisotopic (exact) mass is 440 g/mol. The quantitative estimate of drug-likeness (QED) is 0.497. The number of nitrogens with zero attached hydrogens (tertiary/aromatic N) is 1. The van der Waals surface area contributed by atoms with Crippen LogP contribution in [-0.2, 0) is 14.3 Å². The van der Waals surface area contributed by atoms with Crippen LogP contribution in [0.2, 0.25) is 0 Å². The minimum atomic E-state index is -0.828. The number of unbranched alkanes of at least 4 members (excludes halogenated alkanes) is 1. The van der Waals surface area contributed by atoms with E-state index in [0.29, 0.717) is 13.0 Å². The van der Waals surface area contributed by atoms with E-state index in [1.54, 1.807) is 4.90 Å². The van der Waals surface area contributed by atoms with Crippen LogP contribution in [0, 0.1) is 11.3 Å². The van der Waals surface area contributed by atoms with Gasteiger partial charge in [0.05, 0.1) is 12.1 Å². The fraction of sp³-hybridized carbons (Fsp3) is 0.917. The van der Waals surface area contributed by atoms with Gasteiger partial charge in [-0.25, -0.2) is 4.79 Å². The third-order valence-corrected chi connectivity index (χ3v) is 6.48. The minimum absolute atomic E-state index is 0.0285. The van der Waals surface area contributed by atoms with Crippen LogP contribution in [0.5, 0.6) is 0 Å². The van der Waals surface area contributed by atoms with Gasteiger partial charge < -0.3 is 19.9 Å². The number of aliphatic hydroxyl groups is 1. The van der Waals surface area contributed by atoms with Crippen molar-refractivity contribution in [2.24, 2.45) is 11.3 Å². The van der Waals surface area contributed by atoms with Crippen LogP contribution in [0.15, 0.2) is 0 Å². The second-order valence-electron chi connectivity index (χ2n) is 11.0. The lowest BCUT2D eigenvalue weighted by Crippen LogP contribution is -2.51. The van der Waals surface area contributed by atoms with Crippen LogP contribution >= 0.6 is 0 Å². The van der Waals surface area contributed by atoms with E-state index < -0.39 is 11.3 Å². The molecule has 0 aromatic heterocycles. The zero-order valence-corrected chi connectivity index (χ0v) is 20.6. The summed E-state index contributed by atoms with van der Waals surface area (Å²) in [4.78, 5) is 27.5. The van der Waals surface area contributed by atoms with Gasteiger partial charge in [-0.15, -0.1) is 0 Å². The standard InChI is InChI=1S/C24H44N2O5/c1-8-9-13-25-20(28)17(2)15-19-18(16-24(10-11-24)12-14-27)26(23(6,7)30-19)21(29)31-22(3,4)5/h17-19,27H,8-16H2,1-7H3,(H,25,28)/t17-,18+,19+/m1/s1. The number of aliphatic hydroxyl groups excluding tert-OH is 1. The smallest absolute Gasteiger partial charge is 0.412 e. The van der Waals surface area contributed by atoms with E-state index in [0.717, 1.165) is 38.5 Å². The average Bonchev–Trinajstić information content (AvgIpc) is 3.32. The van der Waals surface area contributed by atoms with E-state index in [-0.39, 0.29) is 42.1 Å². The Hall–Kier alpha value is -1.34. The molecule has 31 heavy (non-hydrogen) atoms. The van der Waals surface area contributed by atoms with E-state index in [4.69, 9.17) is 9.47 Å². The van der Waals surface area contributed by atoms with E-state index in [1.165, 1.54) is 0 Å². The molecule has 3 atom stereocenters. The molecule has 2 aliphatic rings. The van der Waals surface area contributed by atoms with Crippen LogP contribution in [0.25, 0.3) is 0 Å². The molecule has 1 aliphatic carbocycles. The Morgan fingerprint density at radius 2 is 1.94 bits per heavy atom. The van der Waals surface area contributed by atoms with Gasteiger partial charge in [-0.05, 0) is 78.6 Å². The molecule has 2 amide bonds. The van der Waals surface area contributed by atoms with E-state index in [1.807, 2.05) is 41.5 Å². The first-order valence-corrected chi connectivity index (χ1v) is 11.9. The van der Waals surface area contributed by atoms with Gasteiger partial charge in [-0.3, -0.25) is 9.69 Å². The van der Waals surface area contributed by atoms with Crippen LogP contribution < -0.4 is 5.32 Å². The highest BCUT2D eigenvalue weighted by atomic mass is 16.6. The van der Waals surface area contributed by atoms with Gasteiger partial charge in [0.2, 0.25) is 5.91 Å². The summed E-state index contributed by atoms with van der Waals surface area (Å²) < 4.78 is 12.1. The molecule has 1 aliphatic heterocycles. The first-order valence-electron chi connectivity index (χ1n) is 11.9. The van der Waals surface area contributed by atoms with Crippen LogP contribution in [0.1, 0.15) is 93.4 Å². The zero-order valence-electron chi connectivity index (χ0n) is 20.6. The predicted molar refractivity (Wildman–Crippen MR) is 120 cm³/mol. The highest BCUT2D eigenvalue weighted by molar-refractivity contribution is 5.78. The average molecular weight is 441 g/mol. The van der Waals surface area contributed by atoms with Crippen molar-refractivity contribution >= 4 is 12.0 Å². The summed E-state index contributed by atoms with van der Waals surface area (Å²) in [7, 11) is 0. The molecular weight excluding hydrogens is 396 g/mol. The van der Waals surface area contributed by atoms with Crippen molar-refractivity contribution in [3.05, 3.63) is 0 Å². The maximum Gasteiger partial charge on any atom is 0.412 e. The molecule has 0 radical (unpaired) electrons. The molecule has 0 unspecified atom stereocenters. The maximum atomic E-state index is 13.2. The third kappa shape index (κ3) is 7.07. The van der Waals surface area contributed by atoms with E-state index >= 15 is 0 Å². The van der Waals surface area contributed by atoms with Crippen molar-refractivity contribution < 1.29 is 24.2 Å². The molecule has 1 saturated heterocycles. The summed E-state index contributed by atoms with van der Waals surface area (Å²) in [5.74, 6) is -0.187. The van der Waals surface area contributed by atoms with Gasteiger partial charge in [0.1, 0.15) is 11.3 Å². The molecule has 0 aromatic rings. The van der Waals surface area contributed by atoms with Crippen molar-refractivity contribution in [3.63, 3.8) is 0 Å². The molecule has 1 saturated carbocycles. The maximum absolute atomic E-state index is 13.2. The Morgan fingerprint density at radius 1 is 1.29 bits per heavy atom. The second-order valence-corrected chi connectivity index (χ2v) is 11.0. The van der Waals surface area contributed by atoms with Gasteiger partial charge in [0, 0.05) is 19.1 Å². The summed E-state index contributed by atoms with van der Waals surface area (Å²) in [5, 5.41) is 12.5. The molecule has 1 heterocycles. The van der Waals surface area contributed by atoms with Gasteiger partial charge in [-0.1, -0.05) is 20.3 Å². The molecule has 2 rings (SSSR count). The first kappa shape index (κ1) is 25.9. The lowest BCUT2D eigenvalue weighted by atomic mass is 9.87. The number of amides is 2. The topological polar surface area (TPSA) is 88.1 Å². The fourth-order valence-electron chi connectivity index (χ4n) is 4.60. The number of nitrogens with one attached hydrogen (secondary N) is 1. The van der Waals surface area contributed by atoms with Crippen molar-refractivity contribution in [1.29, 1.82) is 0 Å². The Kier molecular flexibility index (Phi) is 8.42. The van der Waals surface area contributed by atoms with Gasteiger partial charge in [0.15, 0.2) is 0 Å². The van der Waals surface area contributed by atoms with Crippen molar-refractivity contribution in [2.75, 3.05) is 13.2 Å². The molecule has 2 N–H and O–H groups in total. The summed E-state index contributed by atoms with van der Waals surface area (Å²) in [6.07, 6.45) is 5.48. The second kappa shape index (κ2) is 10.1. The summed E-state index contributed by atoms with van der Waals surface area (Å²) >= 11 is 0. The predicted octanol–water partition coefficient (Wildman–Crippen LogP) is 4.22. The van der Waals surface area contributed by atoms with Crippen molar-refractivity contribution in [1.82, 2.24) is 10.2 Å². The molecule has 180 valence electrons. The first-order chi connectivity index (χ1) is 14.3. The van der Waals surface area contributed by atoms with Gasteiger partial charge >= 0.3 is 6.09 Å². The number of carbonyl (C=O) groups excluding carboxylic acids is 2. The zero-order chi connectivity index (χ0) is 23.4. The number of carbonyl (C=O) groups is 2. The molecule has 7 heteroatoms. The van der Waals surface area contributed by atoms with E-state index in [2.05, 4.69) is 12.2 Å². The van der Waals surface area contributed by atoms with Crippen LogP contribution in [-0.4, -0.2) is 58.6 Å². The molecular formula is C24H44N2O5. The molecule has 0 spiro atoms. The van der Waals surface area contributed by atoms with Gasteiger partial charge in [0.25, 0.3) is 0 Å². The highest BCUT2D eigenvalue weighted by Crippen LogP contribution is 2.55. The largest absolute Gasteiger partial charge is 0.444 e. The Bertz CT molecular complexity index is 624. The summed E-state index contributed by atoms with van der Waals surface area (Å²) in [6.45, 7) is 14.2. The highest BCUT2D eigenvalue weighted by Gasteiger charge is 2.55. The molecule has 0 bridgehead atoms. The number of ether oxygens (including phenoxy) is 2. The molecule has 2 fully saturated rings. The Morgan fingerprint density at radius 3 is 2.45 bits per heavy atom. The van der Waals surface area contributed by atoms with Crippen LogP contribution in [0.3, 0.4) is 0 Å². The minimum Gasteiger partial charge on any atom is -0.444 e. The SMILES string of the molecule is CCCCNC(=O)[C@H](C)C[C@@H]1OC(C)(C)N(C(=O)OC(C)(C)C)[C@H]1CC1(CCO)CC1. The number of rotatable bonds is 10. The fourth-order valence-corrected chi connectivity index (χ4v) is 4.60. The lowest BCUT2D eigenvalue weighted by Gasteiger charge is -2.36. The third-order valence-electron chi connectivity index (χ3n) is 6.48. The Labute approximate surface area is 188 Å². The Balaban J connectivity index is 2.20. The van der Waals surface area contributed by atoms with Crippen molar-refractivity contribution in [3.8, 4) is 0 Å². The summed E-state index contributed by atoms with van der Waals surface area (Å²) in [5.41, 5.74) is -1.38. The van der Waals surface area contributed by atoms with Crippen LogP contribution in [0.4, 0.5) is 4.79 Å². The molecule has 0 aromatic carbocycles. The number of hydrogen-bond donors (Lipinski definition) is 2. The van der Waals surface area contributed by atoms with E-state index in [9.17, 15) is 14.7 Å². The van der Waals surface area contributed by atoms with Crippen molar-refractivity contribution in [2.45, 2.75) is 117 Å².